The summed E-state index contributed by atoms with van der Waals surface area (Å²) in [5.74, 6) is -3.21. The first-order valence-corrected chi connectivity index (χ1v) is 11.5. The van der Waals surface area contributed by atoms with Gasteiger partial charge in [-0.3, -0.25) is 0 Å². The lowest BCUT2D eigenvalue weighted by atomic mass is 10.1. The monoisotopic (exact) mass is 556 g/mol. The normalized spacial score (nSPS) is 11.4. The van der Waals surface area contributed by atoms with Gasteiger partial charge in [-0.15, -0.1) is 0 Å². The number of carbonyl (C=O) groups is 1. The van der Waals surface area contributed by atoms with E-state index in [4.69, 9.17) is 16.0 Å². The summed E-state index contributed by atoms with van der Waals surface area (Å²) in [6.45, 7) is 1.75. The lowest BCUT2D eigenvalue weighted by molar-refractivity contribution is -0.200. The Balaban J connectivity index is 1.36. The number of nitrogens with one attached hydrogen (secondary N) is 2. The molecular formula is C25H16ClF3N6O4. The van der Waals surface area contributed by atoms with Gasteiger partial charge in [0, 0.05) is 34.9 Å². The highest BCUT2D eigenvalue weighted by molar-refractivity contribution is 6.29. The van der Waals surface area contributed by atoms with E-state index in [1.54, 1.807) is 25.4 Å². The third-order valence-corrected chi connectivity index (χ3v) is 5.61. The fourth-order valence-corrected chi connectivity index (χ4v) is 3.59. The number of pyridine rings is 1. The van der Waals surface area contributed by atoms with Crippen LogP contribution in [-0.4, -0.2) is 31.8 Å². The number of alkyl halides is 3. The van der Waals surface area contributed by atoms with Crippen LogP contribution >= 0.6 is 11.6 Å². The maximum absolute atomic E-state index is 12.6. The number of benzene rings is 2. The summed E-state index contributed by atoms with van der Waals surface area (Å²) in [5.41, 5.74) is 3.26. The van der Waals surface area contributed by atoms with E-state index in [-0.39, 0.29) is 21.8 Å². The van der Waals surface area contributed by atoms with Crippen molar-refractivity contribution in [3.8, 4) is 11.1 Å². The maximum atomic E-state index is 12.6. The van der Waals surface area contributed by atoms with Gasteiger partial charge in [0.05, 0.1) is 0 Å². The van der Waals surface area contributed by atoms with Gasteiger partial charge in [0.25, 0.3) is 0 Å². The minimum atomic E-state index is -5.30. The zero-order valence-corrected chi connectivity index (χ0v) is 20.5. The third kappa shape index (κ3) is 5.67. The van der Waals surface area contributed by atoms with Gasteiger partial charge in [0.15, 0.2) is 5.58 Å². The first-order valence-electron chi connectivity index (χ1n) is 11.1. The Labute approximate surface area is 222 Å². The van der Waals surface area contributed by atoms with Crippen LogP contribution in [0.25, 0.3) is 22.2 Å². The molecule has 0 amide bonds. The van der Waals surface area contributed by atoms with Crippen LogP contribution in [-0.2, 0) is 4.79 Å². The van der Waals surface area contributed by atoms with E-state index >= 15 is 0 Å². The largest absolute Gasteiger partial charge is 0.493 e. The highest BCUT2D eigenvalue weighted by Crippen LogP contribution is 2.26. The van der Waals surface area contributed by atoms with Gasteiger partial charge in [-0.1, -0.05) is 28.5 Å². The van der Waals surface area contributed by atoms with Gasteiger partial charge in [0.2, 0.25) is 5.95 Å². The summed E-state index contributed by atoms with van der Waals surface area (Å²) in [4.78, 5) is 40.2. The molecule has 14 heteroatoms. The molecule has 0 atom stereocenters. The van der Waals surface area contributed by atoms with Crippen molar-refractivity contribution < 1.29 is 27.2 Å². The van der Waals surface area contributed by atoms with E-state index in [1.807, 2.05) is 30.3 Å². The first-order chi connectivity index (χ1) is 18.6. The molecule has 2 aromatic carbocycles. The molecule has 0 bridgehead atoms. The number of halogens is 4. The van der Waals surface area contributed by atoms with Crippen molar-refractivity contribution in [1.82, 2.24) is 19.7 Å². The number of hydrogen-bond donors (Lipinski definition) is 2. The Morgan fingerprint density at radius 3 is 2.38 bits per heavy atom. The predicted octanol–water partition coefficient (Wildman–Crippen LogP) is 5.41. The number of hydrogen-bond acceptors (Lipinski definition) is 9. The third-order valence-electron chi connectivity index (χ3n) is 5.38. The Kier molecular flexibility index (Phi) is 6.66. The van der Waals surface area contributed by atoms with Gasteiger partial charge in [-0.2, -0.15) is 18.2 Å². The Morgan fingerprint density at radius 2 is 1.69 bits per heavy atom. The number of carbonyl (C=O) groups excluding carboxylic acids is 1. The van der Waals surface area contributed by atoms with Crippen molar-refractivity contribution in [1.29, 1.82) is 0 Å². The summed E-state index contributed by atoms with van der Waals surface area (Å²) in [6.07, 6.45) is -2.05. The molecule has 3 heterocycles. The molecule has 0 unspecified atom stereocenters. The van der Waals surface area contributed by atoms with Crippen molar-refractivity contribution in [2.45, 2.75) is 13.1 Å². The second kappa shape index (κ2) is 10.1. The van der Waals surface area contributed by atoms with Gasteiger partial charge in [0.1, 0.15) is 16.5 Å². The predicted molar refractivity (Wildman–Crippen MR) is 136 cm³/mol. The molecule has 0 aliphatic heterocycles. The molecule has 5 rings (SSSR count). The number of anilines is 4. The number of aryl methyl sites for hydroxylation is 1. The van der Waals surface area contributed by atoms with Crippen LogP contribution in [0.1, 0.15) is 5.56 Å². The van der Waals surface area contributed by atoms with Crippen molar-refractivity contribution in [3.05, 3.63) is 88.3 Å². The van der Waals surface area contributed by atoms with Gasteiger partial charge >= 0.3 is 17.9 Å². The highest BCUT2D eigenvalue weighted by atomic mass is 35.5. The molecule has 10 nitrogen and oxygen atoms in total. The molecule has 0 aliphatic carbocycles. The minimum Gasteiger partial charge on any atom is -0.405 e. The van der Waals surface area contributed by atoms with Gasteiger partial charge < -0.3 is 19.9 Å². The molecule has 0 saturated carbocycles. The second-order valence-electron chi connectivity index (χ2n) is 8.14. The number of aromatic nitrogens is 4. The molecule has 2 N–H and O–H groups in total. The van der Waals surface area contributed by atoms with Gasteiger partial charge in [-0.25, -0.2) is 19.6 Å². The van der Waals surface area contributed by atoms with Crippen molar-refractivity contribution in [3.63, 3.8) is 0 Å². The van der Waals surface area contributed by atoms with Crippen LogP contribution in [0.15, 0.2) is 76.2 Å². The Morgan fingerprint density at radius 1 is 0.974 bits per heavy atom. The zero-order chi connectivity index (χ0) is 27.7. The molecule has 0 spiro atoms. The smallest absolute Gasteiger partial charge is 0.405 e. The fraction of sp³-hybridized carbons (Fsp3) is 0.0800. The maximum Gasteiger partial charge on any atom is 0.493 e. The van der Waals surface area contributed by atoms with Crippen molar-refractivity contribution >= 4 is 51.8 Å². The highest BCUT2D eigenvalue weighted by Gasteiger charge is 2.42. The molecule has 5 aromatic rings. The van der Waals surface area contributed by atoms with Crippen molar-refractivity contribution in [2.75, 3.05) is 10.6 Å². The average molecular weight is 557 g/mol. The lowest BCUT2D eigenvalue weighted by Crippen LogP contribution is -2.36. The molecule has 39 heavy (non-hydrogen) atoms. The van der Waals surface area contributed by atoms with E-state index in [1.165, 1.54) is 18.2 Å². The molecule has 0 radical (unpaired) electrons. The SMILES string of the molecule is Cc1cnc(Nc2ccc(-c3ccc(Cl)nc3)cc2)nc1Nc1ccc2oc(=O)n(OC(=O)C(F)(F)F)c2c1. The number of oxazole rings is 1. The van der Waals surface area contributed by atoms with E-state index in [0.29, 0.717) is 27.9 Å². The molecule has 3 aromatic heterocycles. The molecule has 198 valence electrons. The summed E-state index contributed by atoms with van der Waals surface area (Å²) in [6, 6.07) is 15.2. The summed E-state index contributed by atoms with van der Waals surface area (Å²) < 4.78 is 42.9. The second-order valence-corrected chi connectivity index (χ2v) is 8.53. The summed E-state index contributed by atoms with van der Waals surface area (Å²) >= 11 is 5.84. The molecule has 0 aliphatic rings. The van der Waals surface area contributed by atoms with Crippen LogP contribution in [0.3, 0.4) is 0 Å². The standard InChI is InChI=1S/C25H16ClF3N6O4/c1-13-11-31-23(33-16-5-2-14(3-6-16)15-4-9-20(26)30-12-15)34-21(13)32-17-7-8-19-18(10-17)35(24(37)38-19)39-22(36)25(27,28)29/h2-12H,1H3,(H2,31,32,33,34). The first kappa shape index (κ1) is 25.7. The fourth-order valence-electron chi connectivity index (χ4n) is 3.48. The van der Waals surface area contributed by atoms with E-state index in [9.17, 15) is 22.8 Å². The topological polar surface area (TPSA) is 124 Å². The van der Waals surface area contributed by atoms with Crippen LogP contribution < -0.4 is 21.2 Å². The van der Waals surface area contributed by atoms with Gasteiger partial charge in [-0.05, 0) is 55.0 Å². The minimum absolute atomic E-state index is 0.0832. The van der Waals surface area contributed by atoms with Crippen LogP contribution in [0.5, 0.6) is 0 Å². The van der Waals surface area contributed by atoms with Crippen LogP contribution in [0, 0.1) is 6.92 Å². The summed E-state index contributed by atoms with van der Waals surface area (Å²) in [7, 11) is 0. The Hall–Kier alpha value is -4.91. The van der Waals surface area contributed by atoms with Crippen molar-refractivity contribution in [2.24, 2.45) is 0 Å². The van der Waals surface area contributed by atoms with Crippen LogP contribution in [0.4, 0.5) is 36.3 Å². The van der Waals surface area contributed by atoms with Crippen LogP contribution in [0.2, 0.25) is 5.15 Å². The number of nitrogens with zero attached hydrogens (tertiary/aromatic N) is 4. The van der Waals surface area contributed by atoms with E-state index in [0.717, 1.165) is 11.1 Å². The average Bonchev–Trinajstić information content (AvgIpc) is 3.20. The Bertz CT molecular complexity index is 1730. The summed E-state index contributed by atoms with van der Waals surface area (Å²) in [5, 5.41) is 6.52. The number of rotatable bonds is 6. The number of fused-ring (bicyclic) bond motifs is 1. The molecular weight excluding hydrogens is 541 g/mol. The molecule has 0 saturated heterocycles. The lowest BCUT2D eigenvalue weighted by Gasteiger charge is -2.12. The van der Waals surface area contributed by atoms with E-state index < -0.39 is 17.9 Å². The quantitative estimate of drug-likeness (QED) is 0.264. The zero-order valence-electron chi connectivity index (χ0n) is 19.8. The van der Waals surface area contributed by atoms with E-state index in [2.05, 4.69) is 30.4 Å². The molecule has 0 fully saturated rings.